The molecule has 0 aliphatic heterocycles. The summed E-state index contributed by atoms with van der Waals surface area (Å²) in [5.74, 6) is -0.920. The van der Waals surface area contributed by atoms with Crippen LogP contribution in [-0.2, 0) is 11.0 Å². The summed E-state index contributed by atoms with van der Waals surface area (Å²) >= 11 is 1.23. The second-order valence-corrected chi connectivity index (χ2v) is 7.21. The lowest BCUT2D eigenvalue weighted by atomic mass is 10.1. The molecule has 0 radical (unpaired) electrons. The lowest BCUT2D eigenvalue weighted by Crippen LogP contribution is -2.41. The number of hydrogen-bond donors (Lipinski definition) is 2. The number of aromatic nitrogens is 2. The van der Waals surface area contributed by atoms with Gasteiger partial charge in [-0.1, -0.05) is 18.2 Å². The van der Waals surface area contributed by atoms with Crippen LogP contribution < -0.4 is 10.6 Å². The van der Waals surface area contributed by atoms with Gasteiger partial charge in [0.25, 0.3) is 5.91 Å². The zero-order valence-electron chi connectivity index (χ0n) is 15.4. The molecule has 0 aliphatic rings. The maximum absolute atomic E-state index is 13.4. The van der Waals surface area contributed by atoms with Crippen molar-refractivity contribution in [3.63, 3.8) is 0 Å². The van der Waals surface area contributed by atoms with Gasteiger partial charge in [0.2, 0.25) is 5.91 Å². The number of anilines is 1. The third kappa shape index (κ3) is 4.65. The zero-order valence-corrected chi connectivity index (χ0v) is 16.3. The molecule has 0 saturated carbocycles. The average molecular weight is 422 g/mol. The highest BCUT2D eigenvalue weighted by Gasteiger charge is 2.34. The van der Waals surface area contributed by atoms with Crippen LogP contribution in [0.4, 0.5) is 19.0 Å². The van der Waals surface area contributed by atoms with Crippen LogP contribution in [0.5, 0.6) is 0 Å². The number of halogens is 3. The number of alkyl halides is 3. The fraction of sp³-hybridized carbons (Fsp3) is 0.211. The standard InChI is InChI=1S/C19H17F3N4O2S/c1-11-10-16(24-17(27)12(2)23-18(28)15-8-5-9-29-15)26(25-11)14-7-4-3-6-13(14)19(20,21)22/h3-10,12H,1-2H3,(H,23,28)(H,24,27). The molecule has 1 aromatic carbocycles. The lowest BCUT2D eigenvalue weighted by molar-refractivity contribution is -0.137. The SMILES string of the molecule is Cc1cc(NC(=O)C(C)NC(=O)c2cccs2)n(-c2ccccc2C(F)(F)F)n1. The molecule has 3 aromatic rings. The summed E-state index contributed by atoms with van der Waals surface area (Å²) in [4.78, 5) is 25.1. The minimum absolute atomic E-state index is 0.0708. The van der Waals surface area contributed by atoms with E-state index in [1.807, 2.05) is 0 Å². The van der Waals surface area contributed by atoms with E-state index in [1.165, 1.54) is 42.5 Å². The van der Waals surface area contributed by atoms with Gasteiger partial charge < -0.3 is 10.6 Å². The number of thiophene rings is 1. The second kappa shape index (κ2) is 8.08. The summed E-state index contributed by atoms with van der Waals surface area (Å²) in [6, 6.07) is 8.83. The molecule has 6 nitrogen and oxygen atoms in total. The molecule has 0 aliphatic carbocycles. The Bertz CT molecular complexity index is 1030. The van der Waals surface area contributed by atoms with E-state index in [0.29, 0.717) is 10.6 Å². The van der Waals surface area contributed by atoms with Gasteiger partial charge in [0.1, 0.15) is 11.9 Å². The molecule has 1 atom stereocenters. The number of para-hydroxylation sites is 1. The number of carbonyl (C=O) groups excluding carboxylic acids is 2. The highest BCUT2D eigenvalue weighted by Crippen LogP contribution is 2.34. The molecule has 2 N–H and O–H groups in total. The molecule has 0 spiro atoms. The Kier molecular flexibility index (Phi) is 5.73. The third-order valence-electron chi connectivity index (χ3n) is 4.01. The molecule has 2 heterocycles. The van der Waals surface area contributed by atoms with Crippen LogP contribution in [0.2, 0.25) is 0 Å². The van der Waals surface area contributed by atoms with Crippen LogP contribution in [0.1, 0.15) is 27.9 Å². The number of carbonyl (C=O) groups is 2. The highest BCUT2D eigenvalue weighted by molar-refractivity contribution is 7.12. The van der Waals surface area contributed by atoms with Gasteiger partial charge in [-0.15, -0.1) is 11.3 Å². The first-order valence-corrected chi connectivity index (χ1v) is 9.43. The topological polar surface area (TPSA) is 76.0 Å². The number of rotatable bonds is 5. The van der Waals surface area contributed by atoms with E-state index in [4.69, 9.17) is 0 Å². The number of nitrogens with one attached hydrogen (secondary N) is 2. The van der Waals surface area contributed by atoms with Gasteiger partial charge in [0.15, 0.2) is 0 Å². The molecule has 10 heteroatoms. The van der Waals surface area contributed by atoms with Gasteiger partial charge in [0, 0.05) is 6.07 Å². The number of nitrogens with zero attached hydrogens (tertiary/aromatic N) is 2. The van der Waals surface area contributed by atoms with Gasteiger partial charge in [-0.05, 0) is 37.4 Å². The summed E-state index contributed by atoms with van der Waals surface area (Å²) in [5, 5.41) is 10.9. The predicted octanol–water partition coefficient (Wildman–Crippen LogP) is 4.02. The summed E-state index contributed by atoms with van der Waals surface area (Å²) in [5.41, 5.74) is -0.663. The normalized spacial score (nSPS) is 12.4. The van der Waals surface area contributed by atoms with E-state index in [9.17, 15) is 22.8 Å². The van der Waals surface area contributed by atoms with Crippen molar-refractivity contribution in [1.82, 2.24) is 15.1 Å². The highest BCUT2D eigenvalue weighted by atomic mass is 32.1. The quantitative estimate of drug-likeness (QED) is 0.652. The van der Waals surface area contributed by atoms with Crippen molar-refractivity contribution < 1.29 is 22.8 Å². The molecule has 2 aromatic heterocycles. The first-order chi connectivity index (χ1) is 13.7. The van der Waals surface area contributed by atoms with Crippen molar-refractivity contribution in [1.29, 1.82) is 0 Å². The Morgan fingerprint density at radius 2 is 1.90 bits per heavy atom. The molecular weight excluding hydrogens is 405 g/mol. The van der Waals surface area contributed by atoms with E-state index in [1.54, 1.807) is 24.4 Å². The Morgan fingerprint density at radius 1 is 1.17 bits per heavy atom. The molecule has 0 fully saturated rings. The summed E-state index contributed by atoms with van der Waals surface area (Å²) in [6.07, 6.45) is -4.58. The molecule has 29 heavy (non-hydrogen) atoms. The van der Waals surface area contributed by atoms with Gasteiger partial charge >= 0.3 is 6.18 Å². The van der Waals surface area contributed by atoms with E-state index in [-0.39, 0.29) is 11.5 Å². The van der Waals surface area contributed by atoms with Crippen LogP contribution in [0.25, 0.3) is 5.69 Å². The van der Waals surface area contributed by atoms with Gasteiger partial charge in [-0.3, -0.25) is 9.59 Å². The van der Waals surface area contributed by atoms with Crippen molar-refractivity contribution >= 4 is 29.0 Å². The van der Waals surface area contributed by atoms with Crippen molar-refractivity contribution in [3.05, 3.63) is 64.0 Å². The molecular formula is C19H17F3N4O2S. The smallest absolute Gasteiger partial charge is 0.340 e. The maximum Gasteiger partial charge on any atom is 0.418 e. The zero-order chi connectivity index (χ0) is 21.2. The Labute approximate surface area is 168 Å². The van der Waals surface area contributed by atoms with Crippen LogP contribution >= 0.6 is 11.3 Å². The van der Waals surface area contributed by atoms with E-state index in [2.05, 4.69) is 15.7 Å². The van der Waals surface area contributed by atoms with Crippen molar-refractivity contribution in [2.45, 2.75) is 26.1 Å². The minimum atomic E-state index is -4.58. The number of aryl methyl sites for hydroxylation is 1. The maximum atomic E-state index is 13.4. The molecule has 152 valence electrons. The predicted molar refractivity (Wildman–Crippen MR) is 103 cm³/mol. The first kappa shape index (κ1) is 20.6. The van der Waals surface area contributed by atoms with Crippen molar-refractivity contribution in [2.75, 3.05) is 5.32 Å². The Morgan fingerprint density at radius 3 is 2.55 bits per heavy atom. The second-order valence-electron chi connectivity index (χ2n) is 6.26. The van der Waals surface area contributed by atoms with Crippen LogP contribution in [0.15, 0.2) is 47.8 Å². The molecule has 1 unspecified atom stereocenters. The molecule has 3 rings (SSSR count). The number of hydrogen-bond acceptors (Lipinski definition) is 4. The van der Waals surface area contributed by atoms with E-state index >= 15 is 0 Å². The van der Waals surface area contributed by atoms with Crippen molar-refractivity contribution in [2.24, 2.45) is 0 Å². The van der Waals surface area contributed by atoms with E-state index < -0.39 is 29.6 Å². The first-order valence-electron chi connectivity index (χ1n) is 8.55. The average Bonchev–Trinajstić information content (AvgIpc) is 3.31. The lowest BCUT2D eigenvalue weighted by Gasteiger charge is -2.17. The van der Waals surface area contributed by atoms with Gasteiger partial charge in [0.05, 0.1) is 21.8 Å². The largest absolute Gasteiger partial charge is 0.418 e. The van der Waals surface area contributed by atoms with Crippen LogP contribution in [-0.4, -0.2) is 27.6 Å². The van der Waals surface area contributed by atoms with Crippen LogP contribution in [0, 0.1) is 6.92 Å². The van der Waals surface area contributed by atoms with Gasteiger partial charge in [-0.2, -0.15) is 18.3 Å². The van der Waals surface area contributed by atoms with Crippen molar-refractivity contribution in [3.8, 4) is 5.69 Å². The summed E-state index contributed by atoms with van der Waals surface area (Å²) in [7, 11) is 0. The minimum Gasteiger partial charge on any atom is -0.340 e. The molecule has 0 saturated heterocycles. The summed E-state index contributed by atoms with van der Waals surface area (Å²) in [6.45, 7) is 3.09. The van der Waals surface area contributed by atoms with Crippen LogP contribution in [0.3, 0.4) is 0 Å². The Balaban J connectivity index is 1.83. The molecule has 2 amide bonds. The number of amides is 2. The molecule has 0 bridgehead atoms. The fourth-order valence-corrected chi connectivity index (χ4v) is 3.27. The summed E-state index contributed by atoms with van der Waals surface area (Å²) < 4.78 is 41.1. The number of benzene rings is 1. The van der Waals surface area contributed by atoms with E-state index in [0.717, 1.165) is 10.7 Å². The third-order valence-corrected chi connectivity index (χ3v) is 4.87. The fourth-order valence-electron chi connectivity index (χ4n) is 2.65. The Hall–Kier alpha value is -3.14. The van der Waals surface area contributed by atoms with Gasteiger partial charge in [-0.25, -0.2) is 4.68 Å². The monoisotopic (exact) mass is 422 g/mol.